The van der Waals surface area contributed by atoms with Crippen molar-refractivity contribution in [1.29, 1.82) is 0 Å². The molecule has 3 aliphatic rings. The van der Waals surface area contributed by atoms with Crippen molar-refractivity contribution < 1.29 is 29.1 Å². The molecule has 1 saturated carbocycles. The first-order valence-electron chi connectivity index (χ1n) is 16.9. The van der Waals surface area contributed by atoms with E-state index in [1.54, 1.807) is 7.11 Å². The summed E-state index contributed by atoms with van der Waals surface area (Å²) in [4.78, 5) is 41.4. The molecule has 0 spiro atoms. The molecule has 1 heterocycles. The van der Waals surface area contributed by atoms with Crippen LogP contribution in [-0.2, 0) is 19.1 Å². The molecular formula is C40H46N2O6. The molecule has 6 rings (SSSR count). The maximum Gasteiger partial charge on any atom is 0.410 e. The van der Waals surface area contributed by atoms with Gasteiger partial charge in [0.15, 0.2) is 11.6 Å². The van der Waals surface area contributed by atoms with Crippen molar-refractivity contribution in [2.45, 2.75) is 69.9 Å². The van der Waals surface area contributed by atoms with E-state index in [4.69, 9.17) is 14.7 Å². The van der Waals surface area contributed by atoms with Gasteiger partial charge in [0.25, 0.3) is 0 Å². The quantitative estimate of drug-likeness (QED) is 0.0875. The second-order valence-electron chi connectivity index (χ2n) is 13.0. The van der Waals surface area contributed by atoms with E-state index in [9.17, 15) is 14.4 Å². The Kier molecular flexibility index (Phi) is 12.0. The van der Waals surface area contributed by atoms with Crippen molar-refractivity contribution in [2.75, 3.05) is 20.3 Å². The number of hydrogen-bond donors (Lipinski definition) is 1. The Balaban J connectivity index is 0.000000434. The number of amides is 1. The van der Waals surface area contributed by atoms with Crippen LogP contribution in [0.15, 0.2) is 96.2 Å². The predicted molar refractivity (Wildman–Crippen MR) is 186 cm³/mol. The fourth-order valence-electron chi connectivity index (χ4n) is 7.00. The Morgan fingerprint density at radius 2 is 1.60 bits per heavy atom. The highest BCUT2D eigenvalue weighted by atomic mass is 16.6. The van der Waals surface area contributed by atoms with E-state index in [0.717, 1.165) is 47.9 Å². The van der Waals surface area contributed by atoms with Crippen LogP contribution >= 0.6 is 0 Å². The van der Waals surface area contributed by atoms with Gasteiger partial charge in [0.2, 0.25) is 0 Å². The maximum absolute atomic E-state index is 13.6. The fourth-order valence-corrected chi connectivity index (χ4v) is 7.00. The van der Waals surface area contributed by atoms with Crippen molar-refractivity contribution >= 4 is 23.9 Å². The lowest BCUT2D eigenvalue weighted by molar-refractivity contribution is -0.134. The zero-order valence-corrected chi connectivity index (χ0v) is 27.9. The van der Waals surface area contributed by atoms with Gasteiger partial charge in [-0.15, -0.1) is 0 Å². The number of hydrogen-bond acceptors (Lipinski definition) is 7. The number of carbonyl (C=O) groups excluding carboxylic acids is 3. The normalized spacial score (nSPS) is 18.1. The second-order valence-corrected chi connectivity index (χ2v) is 13.0. The number of fused-ring (bicyclic) bond motifs is 3. The fraction of sp³-hybridized carbons (Fsp3) is 0.400. The molecule has 3 atom stereocenters. The molecule has 8 heteroatoms. The molecule has 0 bridgehead atoms. The molecule has 0 radical (unpaired) electrons. The Labute approximate surface area is 283 Å². The summed E-state index contributed by atoms with van der Waals surface area (Å²) >= 11 is 0. The van der Waals surface area contributed by atoms with E-state index in [1.165, 1.54) is 22.2 Å². The average Bonchev–Trinajstić information content (AvgIpc) is 3.73. The molecule has 48 heavy (non-hydrogen) atoms. The Morgan fingerprint density at radius 3 is 2.19 bits per heavy atom. The molecule has 2 fully saturated rings. The lowest BCUT2D eigenvalue weighted by Crippen LogP contribution is -2.43. The summed E-state index contributed by atoms with van der Waals surface area (Å²) in [6.07, 6.45) is 5.23. The van der Waals surface area contributed by atoms with Crippen LogP contribution in [-0.4, -0.2) is 66.4 Å². The van der Waals surface area contributed by atoms with Crippen LogP contribution in [0.25, 0.3) is 11.1 Å². The number of benzene rings is 3. The van der Waals surface area contributed by atoms with Crippen LogP contribution in [0.5, 0.6) is 0 Å². The molecule has 3 aromatic rings. The van der Waals surface area contributed by atoms with Crippen molar-refractivity contribution in [2.24, 2.45) is 17.0 Å². The van der Waals surface area contributed by atoms with Crippen LogP contribution in [0, 0.1) is 11.8 Å². The first-order chi connectivity index (χ1) is 23.3. The highest BCUT2D eigenvalue weighted by Gasteiger charge is 2.40. The highest BCUT2D eigenvalue weighted by molar-refractivity contribution is 5.90. The zero-order chi connectivity index (χ0) is 34.0. The second kappa shape index (κ2) is 16.5. The number of ketones is 2. The van der Waals surface area contributed by atoms with Crippen LogP contribution in [0.1, 0.15) is 74.5 Å². The molecule has 252 valence electrons. The summed E-state index contributed by atoms with van der Waals surface area (Å²) in [6, 6.07) is 25.2. The number of oxime groups is 1. The maximum atomic E-state index is 13.6. The molecule has 2 aliphatic carbocycles. The number of ether oxygens (including phenoxy) is 2. The lowest BCUT2D eigenvalue weighted by atomic mass is 9.86. The van der Waals surface area contributed by atoms with Crippen LogP contribution in [0.2, 0.25) is 0 Å². The van der Waals surface area contributed by atoms with Crippen LogP contribution in [0.4, 0.5) is 4.79 Å². The van der Waals surface area contributed by atoms with Gasteiger partial charge in [0.05, 0.1) is 12.3 Å². The first kappa shape index (κ1) is 34.8. The van der Waals surface area contributed by atoms with E-state index in [-0.39, 0.29) is 36.4 Å². The van der Waals surface area contributed by atoms with E-state index in [0.29, 0.717) is 25.3 Å². The highest BCUT2D eigenvalue weighted by Crippen LogP contribution is 2.44. The van der Waals surface area contributed by atoms with Gasteiger partial charge in [0, 0.05) is 32.4 Å². The van der Waals surface area contributed by atoms with E-state index < -0.39 is 18.2 Å². The van der Waals surface area contributed by atoms with Gasteiger partial charge in [-0.25, -0.2) is 4.79 Å². The third-order valence-electron chi connectivity index (χ3n) is 9.51. The topological polar surface area (TPSA) is 106 Å². The first-order valence-corrected chi connectivity index (χ1v) is 16.9. The number of Topliss-reactive ketones (excluding diaryl/α,β-unsaturated/α-hetero) is 2. The number of rotatable bonds is 13. The number of likely N-dealkylation sites (tertiary alicyclic amines) is 1. The summed E-state index contributed by atoms with van der Waals surface area (Å²) < 4.78 is 11.5. The van der Waals surface area contributed by atoms with Gasteiger partial charge in [-0.1, -0.05) is 110 Å². The molecule has 1 unspecified atom stereocenters. The lowest BCUT2D eigenvalue weighted by Gasteiger charge is -2.28. The average molecular weight is 651 g/mol. The number of nitrogens with zero attached hydrogens (tertiary/aromatic N) is 2. The van der Waals surface area contributed by atoms with Crippen LogP contribution < -0.4 is 0 Å². The van der Waals surface area contributed by atoms with Crippen molar-refractivity contribution in [3.8, 4) is 11.1 Å². The minimum atomic E-state index is -0.622. The Hall–Kier alpha value is -4.56. The van der Waals surface area contributed by atoms with Gasteiger partial charge in [-0.2, -0.15) is 0 Å². The SMILES string of the molecule is C=C1C[C@@H](C(=O)C[C@@H](CCC)C(OC)C(=O)CC2CC2)N(C(=O)OCC2c3ccccc3-c3ccccc32)C1.ON=Cc1ccccc1. The van der Waals surface area contributed by atoms with Gasteiger partial charge in [-0.05, 0) is 65.3 Å². The molecule has 0 aromatic heterocycles. The van der Waals surface area contributed by atoms with Gasteiger partial charge in [-0.3, -0.25) is 14.5 Å². The Bertz CT molecular complexity index is 1570. The summed E-state index contributed by atoms with van der Waals surface area (Å²) in [5, 5.41) is 11.0. The number of carbonyl (C=O) groups is 3. The molecule has 1 amide bonds. The van der Waals surface area contributed by atoms with Crippen molar-refractivity contribution in [3.63, 3.8) is 0 Å². The summed E-state index contributed by atoms with van der Waals surface area (Å²) in [5.41, 5.74) is 6.37. The molecule has 1 aliphatic heterocycles. The van der Waals surface area contributed by atoms with Crippen molar-refractivity contribution in [1.82, 2.24) is 4.90 Å². The largest absolute Gasteiger partial charge is 0.448 e. The molecule has 1 saturated heterocycles. The molecular weight excluding hydrogens is 604 g/mol. The standard InChI is InChI=1S/C33H39NO5.C7H7NO/c1-4-9-23(32(38-3)31(36)17-22-14-15-22)18-30(35)29-16-21(2)19-34(29)33(37)39-20-28-26-12-7-5-10-24(26)25-11-6-8-13-27(25)28;9-8-6-7-4-2-1-3-5-7/h5-8,10-13,22-23,28-29,32H,2,4,9,14-20H2,1,3H3;1-6,9H/t23-,29+,32?;/m1./s1. The predicted octanol–water partition coefficient (Wildman–Crippen LogP) is 7.82. The summed E-state index contributed by atoms with van der Waals surface area (Å²) in [6.45, 7) is 6.63. The summed E-state index contributed by atoms with van der Waals surface area (Å²) in [7, 11) is 1.56. The zero-order valence-electron chi connectivity index (χ0n) is 27.9. The van der Waals surface area contributed by atoms with E-state index >= 15 is 0 Å². The minimum absolute atomic E-state index is 0.0461. The smallest absolute Gasteiger partial charge is 0.410 e. The molecule has 1 N–H and O–H groups in total. The third kappa shape index (κ3) is 8.47. The van der Waals surface area contributed by atoms with Gasteiger partial charge >= 0.3 is 6.09 Å². The Morgan fingerprint density at radius 1 is 0.979 bits per heavy atom. The molecule has 8 nitrogen and oxygen atoms in total. The number of methoxy groups -OCH3 is 1. The molecule has 3 aromatic carbocycles. The van der Waals surface area contributed by atoms with Crippen LogP contribution in [0.3, 0.4) is 0 Å². The van der Waals surface area contributed by atoms with Gasteiger partial charge in [0.1, 0.15) is 12.7 Å². The monoisotopic (exact) mass is 650 g/mol. The third-order valence-corrected chi connectivity index (χ3v) is 9.51. The summed E-state index contributed by atoms with van der Waals surface area (Å²) in [5.74, 6) is 0.264. The van der Waals surface area contributed by atoms with Crippen molar-refractivity contribution in [3.05, 3.63) is 108 Å². The van der Waals surface area contributed by atoms with Gasteiger partial charge < -0.3 is 14.7 Å². The van der Waals surface area contributed by atoms with E-state index in [2.05, 4.69) is 42.9 Å². The minimum Gasteiger partial charge on any atom is -0.448 e. The van der Waals surface area contributed by atoms with E-state index in [1.807, 2.05) is 54.6 Å².